The number of amides is 1. The Morgan fingerprint density at radius 1 is 1.50 bits per heavy atom. The fourth-order valence-corrected chi connectivity index (χ4v) is 1.73. The highest BCUT2D eigenvalue weighted by Crippen LogP contribution is 2.32. The molecule has 0 saturated heterocycles. The predicted octanol–water partition coefficient (Wildman–Crippen LogP) is 1.71. The zero-order valence-corrected chi connectivity index (χ0v) is 8.73. The first-order chi connectivity index (χ1) is 6.70. The average molecular weight is 260 g/mol. The van der Waals surface area contributed by atoms with Crippen LogP contribution in [0.1, 0.15) is 10.4 Å². The fraction of sp³-hybridized carbons (Fsp3) is 0.222. The van der Waals surface area contributed by atoms with E-state index in [0.29, 0.717) is 18.7 Å². The standard InChI is InChI=1S/C9H7BrFNO2/c10-7-6(11)2-1-5-8(7)14-4-3-12-9(5)13/h1-2H,3-4H2,(H,12,13). The first kappa shape index (κ1) is 9.45. The van der Waals surface area contributed by atoms with Crippen LogP contribution in [0.5, 0.6) is 5.75 Å². The highest BCUT2D eigenvalue weighted by Gasteiger charge is 2.20. The number of nitrogens with one attached hydrogen (secondary N) is 1. The number of rotatable bonds is 0. The Bertz CT molecular complexity index is 395. The lowest BCUT2D eigenvalue weighted by Gasteiger charge is -2.07. The lowest BCUT2D eigenvalue weighted by molar-refractivity contribution is 0.0957. The first-order valence-electron chi connectivity index (χ1n) is 4.09. The van der Waals surface area contributed by atoms with E-state index in [1.807, 2.05) is 0 Å². The summed E-state index contributed by atoms with van der Waals surface area (Å²) < 4.78 is 18.6. The molecule has 0 saturated carbocycles. The van der Waals surface area contributed by atoms with Gasteiger partial charge in [-0.1, -0.05) is 0 Å². The van der Waals surface area contributed by atoms with Crippen molar-refractivity contribution in [2.75, 3.05) is 13.2 Å². The number of carbonyl (C=O) groups excluding carboxylic acids is 1. The van der Waals surface area contributed by atoms with Crippen molar-refractivity contribution < 1.29 is 13.9 Å². The van der Waals surface area contributed by atoms with Crippen LogP contribution >= 0.6 is 15.9 Å². The monoisotopic (exact) mass is 259 g/mol. The summed E-state index contributed by atoms with van der Waals surface area (Å²) in [6.45, 7) is 0.780. The Labute approximate surface area is 88.4 Å². The molecule has 3 nitrogen and oxygen atoms in total. The van der Waals surface area contributed by atoms with Crippen molar-refractivity contribution in [1.29, 1.82) is 0 Å². The molecule has 0 aromatic heterocycles. The highest BCUT2D eigenvalue weighted by molar-refractivity contribution is 9.10. The molecule has 1 aliphatic rings. The molecule has 1 aliphatic heterocycles. The average Bonchev–Trinajstić information content (AvgIpc) is 2.35. The van der Waals surface area contributed by atoms with Gasteiger partial charge in [-0.2, -0.15) is 0 Å². The number of ether oxygens (including phenoxy) is 1. The normalized spacial score (nSPS) is 15.1. The van der Waals surface area contributed by atoms with Crippen LogP contribution in [0.4, 0.5) is 4.39 Å². The Kier molecular flexibility index (Phi) is 2.41. The molecule has 74 valence electrons. The Balaban J connectivity index is 2.58. The van der Waals surface area contributed by atoms with Gasteiger partial charge in [0.1, 0.15) is 18.2 Å². The van der Waals surface area contributed by atoms with E-state index >= 15 is 0 Å². The van der Waals surface area contributed by atoms with Crippen molar-refractivity contribution in [2.24, 2.45) is 0 Å². The van der Waals surface area contributed by atoms with E-state index in [1.54, 1.807) is 0 Å². The van der Waals surface area contributed by atoms with Gasteiger partial charge in [-0.3, -0.25) is 4.79 Å². The third-order valence-electron chi connectivity index (χ3n) is 1.93. The highest BCUT2D eigenvalue weighted by atomic mass is 79.9. The van der Waals surface area contributed by atoms with Crippen LogP contribution in [0.25, 0.3) is 0 Å². The third kappa shape index (κ3) is 1.48. The second-order valence-electron chi connectivity index (χ2n) is 2.84. The maximum atomic E-state index is 13.1. The minimum atomic E-state index is -0.432. The van der Waals surface area contributed by atoms with Gasteiger partial charge < -0.3 is 10.1 Å². The number of hydrogen-bond acceptors (Lipinski definition) is 2. The predicted molar refractivity (Wildman–Crippen MR) is 51.9 cm³/mol. The molecule has 1 N–H and O–H groups in total. The molecule has 1 heterocycles. The second kappa shape index (κ2) is 3.57. The van der Waals surface area contributed by atoms with Gasteiger partial charge in [0.25, 0.3) is 5.91 Å². The summed E-state index contributed by atoms with van der Waals surface area (Å²) in [6, 6.07) is 2.65. The lowest BCUT2D eigenvalue weighted by atomic mass is 10.2. The van der Waals surface area contributed by atoms with Crippen molar-refractivity contribution in [3.63, 3.8) is 0 Å². The summed E-state index contributed by atoms with van der Waals surface area (Å²) in [5, 5.41) is 2.64. The largest absolute Gasteiger partial charge is 0.490 e. The van der Waals surface area contributed by atoms with E-state index in [4.69, 9.17) is 4.74 Å². The van der Waals surface area contributed by atoms with Gasteiger partial charge in [-0.05, 0) is 28.1 Å². The van der Waals surface area contributed by atoms with Crippen LogP contribution in [0.3, 0.4) is 0 Å². The van der Waals surface area contributed by atoms with Crippen molar-refractivity contribution in [3.8, 4) is 5.75 Å². The molecule has 2 rings (SSSR count). The molecule has 0 bridgehead atoms. The van der Waals surface area contributed by atoms with E-state index < -0.39 is 5.82 Å². The van der Waals surface area contributed by atoms with E-state index in [-0.39, 0.29) is 16.1 Å². The summed E-state index contributed by atoms with van der Waals surface area (Å²) in [6.07, 6.45) is 0. The maximum Gasteiger partial charge on any atom is 0.255 e. The molecule has 1 aromatic carbocycles. The summed E-state index contributed by atoms with van der Waals surface area (Å²) in [5.41, 5.74) is 0.357. The van der Waals surface area contributed by atoms with Crippen molar-refractivity contribution in [3.05, 3.63) is 28.0 Å². The van der Waals surface area contributed by atoms with Crippen LogP contribution in [0.2, 0.25) is 0 Å². The molecule has 0 unspecified atom stereocenters. The van der Waals surface area contributed by atoms with Crippen molar-refractivity contribution in [2.45, 2.75) is 0 Å². The summed E-state index contributed by atoms with van der Waals surface area (Å²) in [5.74, 6) is -0.392. The Morgan fingerprint density at radius 3 is 3.07 bits per heavy atom. The van der Waals surface area contributed by atoms with Gasteiger partial charge in [0.15, 0.2) is 0 Å². The molecular weight excluding hydrogens is 253 g/mol. The van der Waals surface area contributed by atoms with Crippen LogP contribution in [-0.2, 0) is 0 Å². The van der Waals surface area contributed by atoms with Gasteiger partial charge in [0, 0.05) is 0 Å². The first-order valence-corrected chi connectivity index (χ1v) is 4.88. The van der Waals surface area contributed by atoms with Crippen molar-refractivity contribution >= 4 is 21.8 Å². The van der Waals surface area contributed by atoms with E-state index in [1.165, 1.54) is 12.1 Å². The molecule has 1 amide bonds. The van der Waals surface area contributed by atoms with Gasteiger partial charge in [0.05, 0.1) is 16.6 Å². The van der Waals surface area contributed by atoms with E-state index in [0.717, 1.165) is 0 Å². The SMILES string of the molecule is O=C1NCCOc2c1ccc(F)c2Br. The zero-order chi connectivity index (χ0) is 10.1. The molecule has 0 fully saturated rings. The van der Waals surface area contributed by atoms with Crippen molar-refractivity contribution in [1.82, 2.24) is 5.32 Å². The fourth-order valence-electron chi connectivity index (χ4n) is 1.26. The van der Waals surface area contributed by atoms with Crippen LogP contribution in [-0.4, -0.2) is 19.1 Å². The number of benzene rings is 1. The molecule has 14 heavy (non-hydrogen) atoms. The maximum absolute atomic E-state index is 13.1. The van der Waals surface area contributed by atoms with E-state index in [9.17, 15) is 9.18 Å². The summed E-state index contributed by atoms with van der Waals surface area (Å²) in [4.78, 5) is 11.4. The van der Waals surface area contributed by atoms with Crippen LogP contribution in [0, 0.1) is 5.82 Å². The molecule has 0 aliphatic carbocycles. The second-order valence-corrected chi connectivity index (χ2v) is 3.64. The van der Waals surface area contributed by atoms with Gasteiger partial charge >= 0.3 is 0 Å². The summed E-state index contributed by atoms with van der Waals surface area (Å²) >= 11 is 3.05. The molecule has 0 spiro atoms. The minimum absolute atomic E-state index is 0.201. The topological polar surface area (TPSA) is 38.3 Å². The smallest absolute Gasteiger partial charge is 0.255 e. The van der Waals surface area contributed by atoms with Crippen LogP contribution in [0.15, 0.2) is 16.6 Å². The number of carbonyl (C=O) groups is 1. The number of hydrogen-bond donors (Lipinski definition) is 1. The van der Waals surface area contributed by atoms with Gasteiger partial charge in [-0.15, -0.1) is 0 Å². The Morgan fingerprint density at radius 2 is 2.29 bits per heavy atom. The van der Waals surface area contributed by atoms with Crippen LogP contribution < -0.4 is 10.1 Å². The molecule has 5 heteroatoms. The molecule has 0 atom stereocenters. The minimum Gasteiger partial charge on any atom is -0.490 e. The number of halogens is 2. The molecule has 0 radical (unpaired) electrons. The van der Waals surface area contributed by atoms with Gasteiger partial charge in [0.2, 0.25) is 0 Å². The molecular formula is C9H7BrFNO2. The quantitative estimate of drug-likeness (QED) is 0.771. The third-order valence-corrected chi connectivity index (χ3v) is 2.67. The van der Waals surface area contributed by atoms with E-state index in [2.05, 4.69) is 21.2 Å². The Hall–Kier alpha value is -1.10. The zero-order valence-electron chi connectivity index (χ0n) is 7.14. The lowest BCUT2D eigenvalue weighted by Crippen LogP contribution is -2.24. The van der Waals surface area contributed by atoms with Gasteiger partial charge in [-0.25, -0.2) is 4.39 Å². The summed E-state index contributed by atoms with van der Waals surface area (Å²) in [7, 11) is 0. The number of fused-ring (bicyclic) bond motifs is 1. The molecule has 1 aromatic rings.